The lowest BCUT2D eigenvalue weighted by Crippen LogP contribution is -2.30. The van der Waals surface area contributed by atoms with Gasteiger partial charge in [0.05, 0.1) is 5.60 Å². The lowest BCUT2D eigenvalue weighted by Gasteiger charge is -2.22. The average Bonchev–Trinajstić information content (AvgIpc) is 2.08. The Morgan fingerprint density at radius 3 is 2.86 bits per heavy atom. The average molecular weight is 195 g/mol. The Morgan fingerprint density at radius 2 is 2.29 bits per heavy atom. The maximum atomic E-state index is 9.93. The molecule has 78 valence electrons. The molecule has 0 aliphatic carbocycles. The minimum atomic E-state index is -0.800. The van der Waals surface area contributed by atoms with Gasteiger partial charge in [-0.05, 0) is 31.5 Å². The predicted octanol–water partition coefficient (Wildman–Crippen LogP) is 0.306. The molecule has 1 rings (SSSR count). The fraction of sp³-hybridized carbons (Fsp3) is 0.500. The molecular formula is C10H17N3O. The van der Waals surface area contributed by atoms with Crippen LogP contribution in [0.4, 0.5) is 5.69 Å². The summed E-state index contributed by atoms with van der Waals surface area (Å²) in [6.45, 7) is 2.22. The fourth-order valence-corrected chi connectivity index (χ4v) is 1.40. The predicted molar refractivity (Wildman–Crippen MR) is 56.6 cm³/mol. The van der Waals surface area contributed by atoms with E-state index in [0.29, 0.717) is 25.1 Å². The summed E-state index contributed by atoms with van der Waals surface area (Å²) in [7, 11) is 0. The Hall–Kier alpha value is -1.13. The summed E-state index contributed by atoms with van der Waals surface area (Å²) < 4.78 is 0. The highest BCUT2D eigenvalue weighted by Crippen LogP contribution is 2.19. The normalized spacial score (nSPS) is 15.1. The Balaban J connectivity index is 2.73. The van der Waals surface area contributed by atoms with E-state index < -0.39 is 5.60 Å². The number of nitrogens with zero attached hydrogens (tertiary/aromatic N) is 1. The van der Waals surface area contributed by atoms with E-state index in [9.17, 15) is 5.11 Å². The number of nitrogen functional groups attached to an aromatic ring is 1. The van der Waals surface area contributed by atoms with Crippen LogP contribution in [0, 0.1) is 0 Å². The Labute approximate surface area is 83.9 Å². The molecule has 0 aliphatic heterocycles. The molecule has 1 atom stereocenters. The first kappa shape index (κ1) is 10.9. The molecule has 0 amide bonds. The topological polar surface area (TPSA) is 85.2 Å². The van der Waals surface area contributed by atoms with E-state index in [1.165, 1.54) is 0 Å². The van der Waals surface area contributed by atoms with Crippen molar-refractivity contribution in [2.45, 2.75) is 25.4 Å². The van der Waals surface area contributed by atoms with Gasteiger partial charge < -0.3 is 16.6 Å². The van der Waals surface area contributed by atoms with Crippen LogP contribution >= 0.6 is 0 Å². The monoisotopic (exact) mass is 195 g/mol. The van der Waals surface area contributed by atoms with Gasteiger partial charge in [0.25, 0.3) is 0 Å². The van der Waals surface area contributed by atoms with Crippen LogP contribution in [-0.2, 0) is 6.42 Å². The van der Waals surface area contributed by atoms with Crippen molar-refractivity contribution in [1.29, 1.82) is 0 Å². The van der Waals surface area contributed by atoms with Gasteiger partial charge in [-0.15, -0.1) is 0 Å². The summed E-state index contributed by atoms with van der Waals surface area (Å²) in [5.41, 5.74) is 11.9. The summed E-state index contributed by atoms with van der Waals surface area (Å²) in [6.07, 6.45) is 4.36. The van der Waals surface area contributed by atoms with Gasteiger partial charge >= 0.3 is 0 Å². The molecule has 1 heterocycles. The van der Waals surface area contributed by atoms with Gasteiger partial charge in [-0.1, -0.05) is 0 Å². The van der Waals surface area contributed by atoms with Crippen molar-refractivity contribution in [3.8, 4) is 0 Å². The van der Waals surface area contributed by atoms with Crippen LogP contribution in [0.1, 0.15) is 18.9 Å². The zero-order valence-corrected chi connectivity index (χ0v) is 8.40. The highest BCUT2D eigenvalue weighted by Gasteiger charge is 2.20. The molecular weight excluding hydrogens is 178 g/mol. The van der Waals surface area contributed by atoms with Crippen LogP contribution in [0.5, 0.6) is 0 Å². The standard InChI is InChI=1S/C10H17N3O/c1-10(14,3-4-11)6-8-7-13-5-2-9(8)12/h2,5,7,14H,3-4,6,11H2,1H3,(H2,12,13). The fourth-order valence-electron chi connectivity index (χ4n) is 1.40. The highest BCUT2D eigenvalue weighted by molar-refractivity contribution is 5.44. The quantitative estimate of drug-likeness (QED) is 0.645. The van der Waals surface area contributed by atoms with Crippen molar-refractivity contribution < 1.29 is 5.11 Å². The van der Waals surface area contributed by atoms with Crippen LogP contribution in [0.25, 0.3) is 0 Å². The van der Waals surface area contributed by atoms with Crippen molar-refractivity contribution >= 4 is 5.69 Å². The smallest absolute Gasteiger partial charge is 0.0673 e. The van der Waals surface area contributed by atoms with Gasteiger partial charge in [0.2, 0.25) is 0 Å². The Bertz CT molecular complexity index is 299. The molecule has 0 saturated heterocycles. The lowest BCUT2D eigenvalue weighted by atomic mass is 9.93. The molecule has 1 aromatic rings. The van der Waals surface area contributed by atoms with Crippen molar-refractivity contribution in [1.82, 2.24) is 4.98 Å². The number of hydrogen-bond acceptors (Lipinski definition) is 4. The van der Waals surface area contributed by atoms with Crippen molar-refractivity contribution in [2.24, 2.45) is 5.73 Å². The zero-order chi connectivity index (χ0) is 10.6. The van der Waals surface area contributed by atoms with E-state index in [0.717, 1.165) is 5.56 Å². The van der Waals surface area contributed by atoms with E-state index in [1.807, 2.05) is 0 Å². The van der Waals surface area contributed by atoms with Crippen LogP contribution in [0.15, 0.2) is 18.5 Å². The second-order valence-electron chi connectivity index (χ2n) is 3.79. The van der Waals surface area contributed by atoms with Gasteiger partial charge in [-0.3, -0.25) is 4.98 Å². The molecule has 0 aromatic carbocycles. The van der Waals surface area contributed by atoms with Crippen molar-refractivity contribution in [3.63, 3.8) is 0 Å². The van der Waals surface area contributed by atoms with E-state index in [2.05, 4.69) is 4.98 Å². The van der Waals surface area contributed by atoms with E-state index in [4.69, 9.17) is 11.5 Å². The maximum Gasteiger partial charge on any atom is 0.0673 e. The van der Waals surface area contributed by atoms with E-state index in [-0.39, 0.29) is 0 Å². The third-order valence-electron chi connectivity index (χ3n) is 2.20. The SMILES string of the molecule is CC(O)(CCN)Cc1cnccc1N. The molecule has 1 unspecified atom stereocenters. The molecule has 0 bridgehead atoms. The Morgan fingerprint density at radius 1 is 1.57 bits per heavy atom. The highest BCUT2D eigenvalue weighted by atomic mass is 16.3. The second-order valence-corrected chi connectivity index (χ2v) is 3.79. The number of nitrogens with two attached hydrogens (primary N) is 2. The van der Waals surface area contributed by atoms with Crippen LogP contribution in [0.3, 0.4) is 0 Å². The molecule has 0 saturated carbocycles. The third kappa shape index (κ3) is 2.97. The first-order chi connectivity index (χ1) is 6.55. The van der Waals surface area contributed by atoms with E-state index >= 15 is 0 Å². The van der Waals surface area contributed by atoms with Crippen molar-refractivity contribution in [3.05, 3.63) is 24.0 Å². The van der Waals surface area contributed by atoms with Crippen LogP contribution in [-0.4, -0.2) is 22.2 Å². The number of rotatable bonds is 4. The first-order valence-electron chi connectivity index (χ1n) is 4.66. The first-order valence-corrected chi connectivity index (χ1v) is 4.66. The number of anilines is 1. The van der Waals surface area contributed by atoms with Crippen LogP contribution < -0.4 is 11.5 Å². The molecule has 14 heavy (non-hydrogen) atoms. The number of hydrogen-bond donors (Lipinski definition) is 3. The molecule has 0 spiro atoms. The van der Waals surface area contributed by atoms with Gasteiger partial charge in [0.1, 0.15) is 0 Å². The molecule has 5 N–H and O–H groups in total. The number of pyridine rings is 1. The van der Waals surface area contributed by atoms with E-state index in [1.54, 1.807) is 25.4 Å². The molecule has 0 fully saturated rings. The molecule has 1 aromatic heterocycles. The summed E-state index contributed by atoms with van der Waals surface area (Å²) >= 11 is 0. The van der Waals surface area contributed by atoms with Gasteiger partial charge in [-0.25, -0.2) is 0 Å². The number of aliphatic hydroxyl groups is 1. The summed E-state index contributed by atoms with van der Waals surface area (Å²) in [5, 5.41) is 9.93. The largest absolute Gasteiger partial charge is 0.398 e. The lowest BCUT2D eigenvalue weighted by molar-refractivity contribution is 0.0539. The molecule has 0 aliphatic rings. The minimum Gasteiger partial charge on any atom is -0.398 e. The summed E-state index contributed by atoms with van der Waals surface area (Å²) in [5.74, 6) is 0. The second kappa shape index (κ2) is 4.39. The summed E-state index contributed by atoms with van der Waals surface area (Å²) in [6, 6.07) is 1.73. The van der Waals surface area contributed by atoms with Gasteiger partial charge in [0, 0.05) is 24.5 Å². The Kier molecular flexibility index (Phi) is 3.43. The molecule has 4 heteroatoms. The van der Waals surface area contributed by atoms with Gasteiger partial charge in [-0.2, -0.15) is 0 Å². The third-order valence-corrected chi connectivity index (χ3v) is 2.20. The summed E-state index contributed by atoms with van der Waals surface area (Å²) in [4.78, 5) is 3.97. The van der Waals surface area contributed by atoms with Gasteiger partial charge in [0.15, 0.2) is 0 Å². The van der Waals surface area contributed by atoms with Crippen LogP contribution in [0.2, 0.25) is 0 Å². The zero-order valence-electron chi connectivity index (χ0n) is 8.40. The molecule has 0 radical (unpaired) electrons. The minimum absolute atomic E-state index is 0.465. The molecule has 4 nitrogen and oxygen atoms in total. The maximum absolute atomic E-state index is 9.93. The van der Waals surface area contributed by atoms with Crippen molar-refractivity contribution in [2.75, 3.05) is 12.3 Å². The number of aromatic nitrogens is 1.